The molecular formula is C23H17N3O2S. The Kier molecular flexibility index (Phi) is 4.14. The van der Waals surface area contributed by atoms with E-state index in [4.69, 9.17) is 9.40 Å². The summed E-state index contributed by atoms with van der Waals surface area (Å²) in [6, 6.07) is 19.3. The van der Waals surface area contributed by atoms with Crippen molar-refractivity contribution in [3.8, 4) is 10.6 Å². The Morgan fingerprint density at radius 2 is 1.76 bits per heavy atom. The first-order valence-corrected chi connectivity index (χ1v) is 10.0. The summed E-state index contributed by atoms with van der Waals surface area (Å²) < 4.78 is 6.78. The molecule has 2 aromatic carbocycles. The molecule has 0 unspecified atom stereocenters. The summed E-state index contributed by atoms with van der Waals surface area (Å²) in [6.07, 6.45) is 0. The number of amides is 1. The van der Waals surface area contributed by atoms with Gasteiger partial charge in [-0.3, -0.25) is 4.79 Å². The standard InChI is InChI=1S/C23H17N3O2S/c1-13-3-9-17-21(11-13)29-23(26-17)15-5-7-16(8-6-15)25-22(27)20-12-18-19(28-20)10-4-14(2)24-18/h3-12H,1-2H3,(H,25,27). The molecule has 29 heavy (non-hydrogen) atoms. The van der Waals surface area contributed by atoms with E-state index in [9.17, 15) is 4.79 Å². The fourth-order valence-corrected chi connectivity index (χ4v) is 4.25. The van der Waals surface area contributed by atoms with Crippen LogP contribution in [0.3, 0.4) is 0 Å². The van der Waals surface area contributed by atoms with Gasteiger partial charge in [0.2, 0.25) is 0 Å². The van der Waals surface area contributed by atoms with Gasteiger partial charge in [0.1, 0.15) is 10.5 Å². The minimum Gasteiger partial charge on any atom is -0.449 e. The molecule has 0 aliphatic carbocycles. The highest BCUT2D eigenvalue weighted by molar-refractivity contribution is 7.21. The summed E-state index contributed by atoms with van der Waals surface area (Å²) in [5, 5.41) is 3.83. The van der Waals surface area contributed by atoms with Gasteiger partial charge in [0.15, 0.2) is 11.3 Å². The number of furan rings is 1. The number of carbonyl (C=O) groups excluding carboxylic acids is 1. The van der Waals surface area contributed by atoms with Gasteiger partial charge < -0.3 is 9.73 Å². The summed E-state index contributed by atoms with van der Waals surface area (Å²) in [7, 11) is 0. The first kappa shape index (κ1) is 17.6. The number of rotatable bonds is 3. The molecular weight excluding hydrogens is 382 g/mol. The van der Waals surface area contributed by atoms with Crippen LogP contribution in [-0.4, -0.2) is 15.9 Å². The van der Waals surface area contributed by atoms with Crippen molar-refractivity contribution in [1.29, 1.82) is 0 Å². The lowest BCUT2D eigenvalue weighted by atomic mass is 10.2. The zero-order chi connectivity index (χ0) is 20.0. The lowest BCUT2D eigenvalue weighted by Gasteiger charge is -2.04. The number of hydrogen-bond acceptors (Lipinski definition) is 5. The highest BCUT2D eigenvalue weighted by Gasteiger charge is 2.14. The predicted molar refractivity (Wildman–Crippen MR) is 116 cm³/mol. The molecule has 5 nitrogen and oxygen atoms in total. The van der Waals surface area contributed by atoms with Crippen molar-refractivity contribution in [2.45, 2.75) is 13.8 Å². The summed E-state index contributed by atoms with van der Waals surface area (Å²) in [5.41, 5.74) is 6.10. The van der Waals surface area contributed by atoms with Gasteiger partial charge in [0.25, 0.3) is 5.91 Å². The summed E-state index contributed by atoms with van der Waals surface area (Å²) >= 11 is 1.66. The molecule has 3 aromatic heterocycles. The third-order valence-corrected chi connectivity index (χ3v) is 5.74. The summed E-state index contributed by atoms with van der Waals surface area (Å²) in [4.78, 5) is 21.6. The SMILES string of the molecule is Cc1ccc2nc(-c3ccc(NC(=O)c4cc5nc(C)ccc5o4)cc3)sc2c1. The van der Waals surface area contributed by atoms with E-state index in [-0.39, 0.29) is 11.7 Å². The van der Waals surface area contributed by atoms with Crippen LogP contribution >= 0.6 is 11.3 Å². The van der Waals surface area contributed by atoms with E-state index in [2.05, 4.69) is 29.4 Å². The Balaban J connectivity index is 1.36. The minimum atomic E-state index is -0.302. The number of thiazole rings is 1. The highest BCUT2D eigenvalue weighted by atomic mass is 32.1. The molecule has 6 heteroatoms. The second-order valence-corrected chi connectivity index (χ2v) is 8.00. The maximum absolute atomic E-state index is 12.5. The van der Waals surface area contributed by atoms with Crippen molar-refractivity contribution < 1.29 is 9.21 Å². The number of pyridine rings is 1. The number of nitrogens with one attached hydrogen (secondary N) is 1. The van der Waals surface area contributed by atoms with E-state index in [0.717, 1.165) is 21.8 Å². The van der Waals surface area contributed by atoms with Crippen molar-refractivity contribution in [1.82, 2.24) is 9.97 Å². The summed E-state index contributed by atoms with van der Waals surface area (Å²) in [5.74, 6) is -0.0624. The topological polar surface area (TPSA) is 68.0 Å². The average Bonchev–Trinajstić information content (AvgIpc) is 3.31. The number of aromatic nitrogens is 2. The second kappa shape index (κ2) is 6.83. The number of carbonyl (C=O) groups is 1. The zero-order valence-corrected chi connectivity index (χ0v) is 16.7. The molecule has 1 N–H and O–H groups in total. The normalized spacial score (nSPS) is 11.2. The van der Waals surface area contributed by atoms with Crippen LogP contribution in [-0.2, 0) is 0 Å². The van der Waals surface area contributed by atoms with Crippen LogP contribution in [0.4, 0.5) is 5.69 Å². The van der Waals surface area contributed by atoms with Gasteiger partial charge in [-0.05, 0) is 67.9 Å². The largest absolute Gasteiger partial charge is 0.449 e. The van der Waals surface area contributed by atoms with E-state index < -0.39 is 0 Å². The molecule has 142 valence electrons. The fraction of sp³-hybridized carbons (Fsp3) is 0.0870. The van der Waals surface area contributed by atoms with Crippen molar-refractivity contribution in [2.24, 2.45) is 0 Å². The quantitative estimate of drug-likeness (QED) is 0.406. The van der Waals surface area contributed by atoms with Gasteiger partial charge in [0.05, 0.1) is 10.2 Å². The third-order valence-electron chi connectivity index (χ3n) is 4.67. The average molecular weight is 399 g/mol. The molecule has 3 heterocycles. The van der Waals surface area contributed by atoms with Crippen LogP contribution in [0.1, 0.15) is 21.8 Å². The molecule has 0 fully saturated rings. The van der Waals surface area contributed by atoms with Gasteiger partial charge in [-0.2, -0.15) is 0 Å². The van der Waals surface area contributed by atoms with E-state index in [1.165, 1.54) is 10.3 Å². The molecule has 0 radical (unpaired) electrons. The zero-order valence-electron chi connectivity index (χ0n) is 15.9. The molecule has 0 atom stereocenters. The number of hydrogen-bond donors (Lipinski definition) is 1. The Morgan fingerprint density at radius 3 is 2.59 bits per heavy atom. The van der Waals surface area contributed by atoms with Gasteiger partial charge in [0, 0.05) is 23.0 Å². The molecule has 0 aliphatic rings. The number of benzene rings is 2. The number of anilines is 1. The van der Waals surface area contributed by atoms with E-state index in [1.54, 1.807) is 17.4 Å². The molecule has 0 aliphatic heterocycles. The van der Waals surface area contributed by atoms with Crippen molar-refractivity contribution >= 4 is 44.2 Å². The van der Waals surface area contributed by atoms with E-state index in [0.29, 0.717) is 16.8 Å². The van der Waals surface area contributed by atoms with Crippen LogP contribution < -0.4 is 5.32 Å². The van der Waals surface area contributed by atoms with Gasteiger partial charge >= 0.3 is 0 Å². The third kappa shape index (κ3) is 3.39. The van der Waals surface area contributed by atoms with Crippen LogP contribution in [0.25, 0.3) is 31.9 Å². The molecule has 0 saturated heterocycles. The minimum absolute atomic E-state index is 0.240. The van der Waals surface area contributed by atoms with Crippen LogP contribution in [0, 0.1) is 13.8 Å². The Morgan fingerprint density at radius 1 is 0.931 bits per heavy atom. The van der Waals surface area contributed by atoms with Crippen LogP contribution in [0.5, 0.6) is 0 Å². The predicted octanol–water partition coefficient (Wildman–Crippen LogP) is 5.97. The Labute approximate surface area is 171 Å². The van der Waals surface area contributed by atoms with Crippen molar-refractivity contribution in [3.05, 3.63) is 77.7 Å². The first-order valence-electron chi connectivity index (χ1n) is 9.21. The maximum Gasteiger partial charge on any atom is 0.291 e. The fourth-order valence-electron chi connectivity index (χ4n) is 3.18. The first-order chi connectivity index (χ1) is 14.0. The smallest absolute Gasteiger partial charge is 0.291 e. The number of fused-ring (bicyclic) bond motifs is 2. The van der Waals surface area contributed by atoms with Gasteiger partial charge in [-0.1, -0.05) is 6.07 Å². The lowest BCUT2D eigenvalue weighted by Crippen LogP contribution is -2.10. The molecule has 5 rings (SSSR count). The van der Waals surface area contributed by atoms with Gasteiger partial charge in [-0.15, -0.1) is 11.3 Å². The second-order valence-electron chi connectivity index (χ2n) is 6.97. The molecule has 0 saturated carbocycles. The van der Waals surface area contributed by atoms with Crippen molar-refractivity contribution in [3.63, 3.8) is 0 Å². The Bertz CT molecular complexity index is 1370. The molecule has 0 bridgehead atoms. The molecule has 1 amide bonds. The van der Waals surface area contributed by atoms with E-state index >= 15 is 0 Å². The Hall–Kier alpha value is -3.51. The van der Waals surface area contributed by atoms with E-state index in [1.807, 2.05) is 49.4 Å². The highest BCUT2D eigenvalue weighted by Crippen LogP contribution is 2.31. The molecule has 5 aromatic rings. The van der Waals surface area contributed by atoms with Crippen molar-refractivity contribution in [2.75, 3.05) is 5.32 Å². The lowest BCUT2D eigenvalue weighted by molar-refractivity contribution is 0.0998. The monoisotopic (exact) mass is 399 g/mol. The maximum atomic E-state index is 12.5. The van der Waals surface area contributed by atoms with Crippen LogP contribution in [0.2, 0.25) is 0 Å². The summed E-state index contributed by atoms with van der Waals surface area (Å²) in [6.45, 7) is 3.98. The number of nitrogens with zero attached hydrogens (tertiary/aromatic N) is 2. The van der Waals surface area contributed by atoms with Gasteiger partial charge in [-0.25, -0.2) is 9.97 Å². The number of aryl methyl sites for hydroxylation is 2. The van der Waals surface area contributed by atoms with Crippen LogP contribution in [0.15, 0.2) is 65.1 Å². The molecule has 0 spiro atoms.